The van der Waals surface area contributed by atoms with Crippen LogP contribution in [0, 0.1) is 17.2 Å². The number of amides is 1. The van der Waals surface area contributed by atoms with Crippen molar-refractivity contribution in [3.8, 4) is 11.8 Å². The number of carboxylic acid groups (broad SMARTS) is 1. The molecule has 2 aromatic rings. The van der Waals surface area contributed by atoms with Crippen LogP contribution in [-0.4, -0.2) is 49.9 Å². The summed E-state index contributed by atoms with van der Waals surface area (Å²) in [6, 6.07) is 13.6. The third kappa shape index (κ3) is 4.69. The fourth-order valence-corrected chi connectivity index (χ4v) is 5.38. The van der Waals surface area contributed by atoms with E-state index in [0.717, 1.165) is 48.5 Å². The Hall–Kier alpha value is -3.57. The van der Waals surface area contributed by atoms with Crippen molar-refractivity contribution in [2.24, 2.45) is 5.92 Å². The quantitative estimate of drug-likeness (QED) is 0.631. The van der Waals surface area contributed by atoms with Gasteiger partial charge in [0.1, 0.15) is 5.75 Å². The summed E-state index contributed by atoms with van der Waals surface area (Å²) in [7, 11) is 0. The SMILES string of the molecule is N#Cc1ccc(CCCC(=O)O)c(NC(=O)[C@@H]2C[C@]23CCOc2ccc(N4CCOCC4)cc23)c1. The second-order valence-corrected chi connectivity index (χ2v) is 9.51. The van der Waals surface area contributed by atoms with Crippen molar-refractivity contribution in [3.63, 3.8) is 0 Å². The highest BCUT2D eigenvalue weighted by atomic mass is 16.5. The smallest absolute Gasteiger partial charge is 0.303 e. The van der Waals surface area contributed by atoms with Gasteiger partial charge in [0.25, 0.3) is 0 Å². The minimum atomic E-state index is -0.848. The van der Waals surface area contributed by atoms with E-state index >= 15 is 0 Å². The molecule has 1 spiro atoms. The number of carboxylic acids is 1. The number of nitriles is 1. The molecule has 0 bridgehead atoms. The van der Waals surface area contributed by atoms with Crippen LogP contribution in [0.3, 0.4) is 0 Å². The number of fused-ring (bicyclic) bond motifs is 2. The van der Waals surface area contributed by atoms with Crippen LogP contribution in [-0.2, 0) is 26.2 Å². The number of carbonyl (C=O) groups is 2. The standard InChI is InChI=1S/C27H29N3O5/c28-17-18-4-5-19(2-1-3-25(31)32)23(14-18)29-26(33)22-16-27(22)8-11-35-24-7-6-20(15-21(24)27)30-9-12-34-13-10-30/h4-7,14-15,22H,1-3,8-13,16H2,(H,29,33)(H,31,32)/t22-,27-/m0/s1. The molecular weight excluding hydrogens is 446 g/mol. The van der Waals surface area contributed by atoms with Crippen LogP contribution in [0.5, 0.6) is 5.75 Å². The molecule has 5 rings (SSSR count). The zero-order valence-corrected chi connectivity index (χ0v) is 19.6. The summed E-state index contributed by atoms with van der Waals surface area (Å²) >= 11 is 0. The van der Waals surface area contributed by atoms with Gasteiger partial charge in [0.15, 0.2) is 0 Å². The number of benzene rings is 2. The van der Waals surface area contributed by atoms with Gasteiger partial charge in [-0.25, -0.2) is 0 Å². The molecule has 2 heterocycles. The first-order valence-electron chi connectivity index (χ1n) is 12.2. The van der Waals surface area contributed by atoms with E-state index in [1.807, 2.05) is 6.07 Å². The maximum atomic E-state index is 13.4. The molecule has 182 valence electrons. The Morgan fingerprint density at radius 3 is 2.77 bits per heavy atom. The van der Waals surface area contributed by atoms with Gasteiger partial charge in [0.05, 0.1) is 31.5 Å². The number of nitrogens with zero attached hydrogens (tertiary/aromatic N) is 2. The van der Waals surface area contributed by atoms with Gasteiger partial charge in [-0.05, 0) is 61.6 Å². The van der Waals surface area contributed by atoms with Gasteiger partial charge in [-0.15, -0.1) is 0 Å². The number of rotatable bonds is 7. The van der Waals surface area contributed by atoms with Gasteiger partial charge < -0.3 is 24.8 Å². The van der Waals surface area contributed by atoms with Crippen molar-refractivity contribution in [3.05, 3.63) is 53.1 Å². The summed E-state index contributed by atoms with van der Waals surface area (Å²) in [4.78, 5) is 26.6. The molecule has 2 aromatic carbocycles. The Bertz CT molecular complexity index is 1180. The fourth-order valence-electron chi connectivity index (χ4n) is 5.38. The number of hydrogen-bond acceptors (Lipinski definition) is 6. The van der Waals surface area contributed by atoms with E-state index in [1.54, 1.807) is 18.2 Å². The van der Waals surface area contributed by atoms with Gasteiger partial charge in [-0.3, -0.25) is 9.59 Å². The van der Waals surface area contributed by atoms with E-state index in [2.05, 4.69) is 28.4 Å². The second kappa shape index (κ2) is 9.59. The fraction of sp³-hybridized carbons (Fsp3) is 0.444. The monoisotopic (exact) mass is 475 g/mol. The molecule has 1 aliphatic carbocycles. The van der Waals surface area contributed by atoms with Crippen LogP contribution in [0.4, 0.5) is 11.4 Å². The first kappa shape index (κ1) is 23.2. The highest BCUT2D eigenvalue weighted by molar-refractivity contribution is 5.97. The van der Waals surface area contributed by atoms with Crippen molar-refractivity contribution in [1.29, 1.82) is 5.26 Å². The molecule has 3 aliphatic rings. The van der Waals surface area contributed by atoms with Crippen molar-refractivity contribution >= 4 is 23.3 Å². The third-order valence-corrected chi connectivity index (χ3v) is 7.41. The number of ether oxygens (including phenoxy) is 2. The van der Waals surface area contributed by atoms with Crippen LogP contribution in [0.15, 0.2) is 36.4 Å². The van der Waals surface area contributed by atoms with Crippen molar-refractivity contribution in [2.75, 3.05) is 43.1 Å². The normalized spacial score (nSPS) is 22.6. The number of aliphatic carboxylic acids is 1. The summed E-state index contributed by atoms with van der Waals surface area (Å²) < 4.78 is 11.4. The molecule has 1 saturated heterocycles. The van der Waals surface area contributed by atoms with E-state index in [9.17, 15) is 14.9 Å². The average Bonchev–Trinajstić information content (AvgIpc) is 3.60. The van der Waals surface area contributed by atoms with Crippen molar-refractivity contribution in [1.82, 2.24) is 0 Å². The summed E-state index contributed by atoms with van der Waals surface area (Å²) in [5.74, 6) is -0.241. The predicted molar refractivity (Wildman–Crippen MR) is 130 cm³/mol. The third-order valence-electron chi connectivity index (χ3n) is 7.41. The number of carbonyl (C=O) groups excluding carboxylic acids is 1. The lowest BCUT2D eigenvalue weighted by atomic mass is 9.86. The zero-order chi connectivity index (χ0) is 24.4. The van der Waals surface area contributed by atoms with E-state index < -0.39 is 5.97 Å². The molecule has 8 heteroatoms. The highest BCUT2D eigenvalue weighted by Crippen LogP contribution is 2.61. The molecule has 0 aromatic heterocycles. The Balaban J connectivity index is 1.35. The first-order chi connectivity index (χ1) is 17.0. The number of hydrogen-bond donors (Lipinski definition) is 2. The minimum Gasteiger partial charge on any atom is -0.493 e. The summed E-state index contributed by atoms with van der Waals surface area (Å²) in [5.41, 5.74) is 3.88. The number of aryl methyl sites for hydroxylation is 1. The molecule has 1 amide bonds. The summed E-state index contributed by atoms with van der Waals surface area (Å²) in [6.07, 6.45) is 2.58. The van der Waals surface area contributed by atoms with E-state index in [1.165, 1.54) is 0 Å². The summed E-state index contributed by atoms with van der Waals surface area (Å²) in [5, 5.41) is 21.4. The van der Waals surface area contributed by atoms with E-state index in [0.29, 0.717) is 43.9 Å². The largest absolute Gasteiger partial charge is 0.493 e. The van der Waals surface area contributed by atoms with Crippen LogP contribution in [0.2, 0.25) is 0 Å². The average molecular weight is 476 g/mol. The minimum absolute atomic E-state index is 0.0569. The van der Waals surface area contributed by atoms with Crippen LogP contribution in [0.1, 0.15) is 42.4 Å². The van der Waals surface area contributed by atoms with Gasteiger partial charge in [-0.1, -0.05) is 6.07 Å². The van der Waals surface area contributed by atoms with Gasteiger partial charge in [-0.2, -0.15) is 5.26 Å². The predicted octanol–water partition coefficient (Wildman–Crippen LogP) is 3.48. The molecule has 0 unspecified atom stereocenters. The number of nitrogens with one attached hydrogen (secondary N) is 1. The molecule has 2 aliphatic heterocycles. The Kier molecular flexibility index (Phi) is 6.35. The zero-order valence-electron chi connectivity index (χ0n) is 19.6. The lowest BCUT2D eigenvalue weighted by Crippen LogP contribution is -2.36. The maximum absolute atomic E-state index is 13.4. The van der Waals surface area contributed by atoms with Crippen LogP contribution < -0.4 is 15.0 Å². The highest BCUT2D eigenvalue weighted by Gasteiger charge is 2.61. The van der Waals surface area contributed by atoms with E-state index in [4.69, 9.17) is 14.6 Å². The molecule has 35 heavy (non-hydrogen) atoms. The second-order valence-electron chi connectivity index (χ2n) is 9.51. The number of morpholine rings is 1. The van der Waals surface area contributed by atoms with Crippen molar-refractivity contribution < 1.29 is 24.2 Å². The van der Waals surface area contributed by atoms with Gasteiger partial charge in [0, 0.05) is 47.8 Å². The van der Waals surface area contributed by atoms with Crippen LogP contribution >= 0.6 is 0 Å². The first-order valence-corrected chi connectivity index (χ1v) is 12.2. The molecule has 2 fully saturated rings. The number of anilines is 2. The lowest BCUT2D eigenvalue weighted by Gasteiger charge is -2.32. The van der Waals surface area contributed by atoms with Gasteiger partial charge in [0.2, 0.25) is 5.91 Å². The summed E-state index contributed by atoms with van der Waals surface area (Å²) in [6.45, 7) is 3.69. The molecular formula is C27H29N3O5. The Labute approximate surface area is 204 Å². The lowest BCUT2D eigenvalue weighted by molar-refractivity contribution is -0.137. The molecule has 2 atom stereocenters. The maximum Gasteiger partial charge on any atom is 0.303 e. The Morgan fingerprint density at radius 2 is 2.00 bits per heavy atom. The van der Waals surface area contributed by atoms with E-state index in [-0.39, 0.29) is 23.7 Å². The molecule has 1 saturated carbocycles. The topological polar surface area (TPSA) is 112 Å². The molecule has 8 nitrogen and oxygen atoms in total. The molecule has 0 radical (unpaired) electrons. The van der Waals surface area contributed by atoms with Crippen molar-refractivity contribution in [2.45, 2.75) is 37.5 Å². The molecule has 2 N–H and O–H groups in total. The Morgan fingerprint density at radius 1 is 1.17 bits per heavy atom. The van der Waals surface area contributed by atoms with Gasteiger partial charge >= 0.3 is 5.97 Å². The van der Waals surface area contributed by atoms with Crippen LogP contribution in [0.25, 0.3) is 0 Å².